The molecule has 2 aromatic carbocycles. The van der Waals surface area contributed by atoms with Crippen LogP contribution in [0.1, 0.15) is 0 Å². The fourth-order valence-corrected chi connectivity index (χ4v) is 3.16. The molecule has 0 saturated carbocycles. The van der Waals surface area contributed by atoms with Crippen molar-refractivity contribution < 1.29 is 0 Å². The summed E-state index contributed by atoms with van der Waals surface area (Å²) < 4.78 is 0. The Balaban J connectivity index is 2.07. The summed E-state index contributed by atoms with van der Waals surface area (Å²) in [7, 11) is 0. The number of anilines is 1. The average Bonchev–Trinajstić information content (AvgIpc) is 2.44. The minimum atomic E-state index is -0.243. The second-order valence-corrected chi connectivity index (χ2v) is 6.20. The lowest BCUT2D eigenvalue weighted by Gasteiger charge is -2.05. The molecule has 7 heteroatoms. The first kappa shape index (κ1) is 14.3. The molecule has 1 heterocycles. The van der Waals surface area contributed by atoms with Crippen molar-refractivity contribution in [3.63, 3.8) is 0 Å². The highest BCUT2D eigenvalue weighted by Gasteiger charge is 2.09. The predicted octanol–water partition coefficient (Wildman–Crippen LogP) is 3.96. The molecular weight excluding hydrogens is 329 g/mol. The largest absolute Gasteiger partial charge is 0.399 e. The molecular formula is C14H9Cl2N3OS. The SMILES string of the molecule is Nc1ccc2nc(Sc3cc(Cl)ccc3Cl)[nH]c(=O)c2c1. The number of nitrogens with one attached hydrogen (secondary N) is 1. The summed E-state index contributed by atoms with van der Waals surface area (Å²) in [6.07, 6.45) is 0. The molecule has 0 unspecified atom stereocenters. The molecule has 3 N–H and O–H groups in total. The van der Waals surface area contributed by atoms with Crippen LogP contribution in [0.2, 0.25) is 10.0 Å². The number of nitrogens with two attached hydrogens (primary N) is 1. The molecule has 0 spiro atoms. The maximum absolute atomic E-state index is 12.1. The minimum Gasteiger partial charge on any atom is -0.399 e. The van der Waals surface area contributed by atoms with Crippen molar-refractivity contribution in [1.29, 1.82) is 0 Å². The van der Waals surface area contributed by atoms with Crippen molar-refractivity contribution in [3.05, 3.63) is 56.8 Å². The number of rotatable bonds is 2. The Labute approximate surface area is 134 Å². The van der Waals surface area contributed by atoms with E-state index >= 15 is 0 Å². The van der Waals surface area contributed by atoms with Gasteiger partial charge in [0, 0.05) is 15.6 Å². The van der Waals surface area contributed by atoms with Crippen LogP contribution < -0.4 is 11.3 Å². The first-order valence-electron chi connectivity index (χ1n) is 5.95. The van der Waals surface area contributed by atoms with Gasteiger partial charge in [-0.2, -0.15) is 0 Å². The molecule has 0 aliphatic rings. The van der Waals surface area contributed by atoms with Crippen LogP contribution in [0, 0.1) is 0 Å². The maximum Gasteiger partial charge on any atom is 0.259 e. The minimum absolute atomic E-state index is 0.243. The summed E-state index contributed by atoms with van der Waals surface area (Å²) in [5.74, 6) is 0. The lowest BCUT2D eigenvalue weighted by Crippen LogP contribution is -2.09. The molecule has 0 radical (unpaired) electrons. The van der Waals surface area contributed by atoms with E-state index in [0.717, 1.165) is 4.90 Å². The average molecular weight is 338 g/mol. The zero-order valence-electron chi connectivity index (χ0n) is 10.6. The Kier molecular flexibility index (Phi) is 3.80. The number of nitrogens with zero attached hydrogens (tertiary/aromatic N) is 1. The summed E-state index contributed by atoms with van der Waals surface area (Å²) in [5.41, 5.74) is 6.53. The first-order chi connectivity index (χ1) is 10.0. The Hall–Kier alpha value is -1.69. The van der Waals surface area contributed by atoms with E-state index in [1.165, 1.54) is 11.8 Å². The van der Waals surface area contributed by atoms with E-state index < -0.39 is 0 Å². The third-order valence-electron chi connectivity index (χ3n) is 2.81. The number of halogens is 2. The monoisotopic (exact) mass is 337 g/mol. The molecule has 106 valence electrons. The molecule has 0 atom stereocenters. The van der Waals surface area contributed by atoms with E-state index in [2.05, 4.69) is 9.97 Å². The van der Waals surface area contributed by atoms with E-state index in [-0.39, 0.29) is 5.56 Å². The molecule has 0 saturated heterocycles. The Bertz CT molecular complexity index is 895. The third kappa shape index (κ3) is 3.00. The molecule has 21 heavy (non-hydrogen) atoms. The van der Waals surface area contributed by atoms with Gasteiger partial charge in [0.25, 0.3) is 5.56 Å². The van der Waals surface area contributed by atoms with Crippen LogP contribution in [0.25, 0.3) is 10.9 Å². The quantitative estimate of drug-likeness (QED) is 0.548. The summed E-state index contributed by atoms with van der Waals surface area (Å²) in [4.78, 5) is 19.9. The van der Waals surface area contributed by atoms with Gasteiger partial charge < -0.3 is 10.7 Å². The van der Waals surface area contributed by atoms with Crippen LogP contribution in [0.3, 0.4) is 0 Å². The zero-order chi connectivity index (χ0) is 15.0. The molecule has 3 aromatic rings. The highest BCUT2D eigenvalue weighted by atomic mass is 35.5. The summed E-state index contributed by atoms with van der Waals surface area (Å²) in [5, 5.41) is 2.01. The number of nitrogen functional groups attached to an aromatic ring is 1. The van der Waals surface area contributed by atoms with E-state index in [4.69, 9.17) is 28.9 Å². The standard InChI is InChI=1S/C14H9Cl2N3OS/c15-7-1-3-10(16)12(5-7)21-14-18-11-4-2-8(17)6-9(11)13(20)19-14/h1-6H,17H2,(H,18,19,20). The topological polar surface area (TPSA) is 71.8 Å². The fourth-order valence-electron chi connectivity index (χ4n) is 1.84. The van der Waals surface area contributed by atoms with E-state index in [1.54, 1.807) is 36.4 Å². The number of hydrogen-bond acceptors (Lipinski definition) is 4. The van der Waals surface area contributed by atoms with Gasteiger partial charge in [0.05, 0.1) is 15.9 Å². The van der Waals surface area contributed by atoms with Crippen molar-refractivity contribution in [2.75, 3.05) is 5.73 Å². The van der Waals surface area contributed by atoms with Crippen LogP contribution >= 0.6 is 35.0 Å². The van der Waals surface area contributed by atoms with Gasteiger partial charge in [-0.05, 0) is 36.4 Å². The van der Waals surface area contributed by atoms with Gasteiger partial charge >= 0.3 is 0 Å². The molecule has 3 rings (SSSR count). The third-order valence-corrected chi connectivity index (χ3v) is 4.43. The van der Waals surface area contributed by atoms with Gasteiger partial charge in [0.15, 0.2) is 5.16 Å². The summed E-state index contributed by atoms with van der Waals surface area (Å²) in [6, 6.07) is 10.1. The first-order valence-corrected chi connectivity index (χ1v) is 7.52. The molecule has 0 amide bonds. The van der Waals surface area contributed by atoms with Crippen molar-refractivity contribution in [1.82, 2.24) is 9.97 Å². The highest BCUT2D eigenvalue weighted by molar-refractivity contribution is 7.99. The van der Waals surface area contributed by atoms with E-state index in [1.807, 2.05) is 0 Å². The van der Waals surface area contributed by atoms with Gasteiger partial charge in [0.1, 0.15) is 0 Å². The highest BCUT2D eigenvalue weighted by Crippen LogP contribution is 2.33. The smallest absolute Gasteiger partial charge is 0.259 e. The number of aromatic amines is 1. The van der Waals surface area contributed by atoms with E-state index in [0.29, 0.717) is 31.8 Å². The number of H-pyrrole nitrogens is 1. The summed E-state index contributed by atoms with van der Waals surface area (Å²) in [6.45, 7) is 0. The van der Waals surface area contributed by atoms with Gasteiger partial charge in [-0.3, -0.25) is 4.79 Å². The maximum atomic E-state index is 12.1. The van der Waals surface area contributed by atoms with Gasteiger partial charge in [-0.25, -0.2) is 4.98 Å². The molecule has 0 bridgehead atoms. The molecule has 0 aliphatic carbocycles. The molecule has 1 aromatic heterocycles. The van der Waals surface area contributed by atoms with Gasteiger partial charge in [0.2, 0.25) is 0 Å². The lowest BCUT2D eigenvalue weighted by molar-refractivity contribution is 0.974. The number of aromatic nitrogens is 2. The lowest BCUT2D eigenvalue weighted by atomic mass is 10.2. The van der Waals surface area contributed by atoms with Gasteiger partial charge in [-0.15, -0.1) is 0 Å². The van der Waals surface area contributed by atoms with Gasteiger partial charge in [-0.1, -0.05) is 35.0 Å². The Morgan fingerprint density at radius 3 is 2.76 bits per heavy atom. The normalized spacial score (nSPS) is 11.0. The second-order valence-electron chi connectivity index (χ2n) is 4.32. The van der Waals surface area contributed by atoms with Crippen molar-refractivity contribution in [3.8, 4) is 0 Å². The number of fused-ring (bicyclic) bond motifs is 1. The van der Waals surface area contributed by atoms with Crippen LogP contribution in [-0.4, -0.2) is 9.97 Å². The second kappa shape index (κ2) is 5.60. The van der Waals surface area contributed by atoms with Crippen LogP contribution in [0.5, 0.6) is 0 Å². The number of benzene rings is 2. The van der Waals surface area contributed by atoms with Crippen molar-refractivity contribution in [2.24, 2.45) is 0 Å². The van der Waals surface area contributed by atoms with Crippen LogP contribution in [-0.2, 0) is 0 Å². The molecule has 0 aliphatic heterocycles. The zero-order valence-corrected chi connectivity index (χ0v) is 12.9. The molecule has 0 fully saturated rings. The summed E-state index contributed by atoms with van der Waals surface area (Å²) >= 11 is 13.3. The molecule has 4 nitrogen and oxygen atoms in total. The fraction of sp³-hybridized carbons (Fsp3) is 0. The Morgan fingerprint density at radius 2 is 1.95 bits per heavy atom. The van der Waals surface area contributed by atoms with Crippen molar-refractivity contribution >= 4 is 51.6 Å². The van der Waals surface area contributed by atoms with E-state index in [9.17, 15) is 4.79 Å². The predicted molar refractivity (Wildman–Crippen MR) is 87.4 cm³/mol. The van der Waals surface area contributed by atoms with Crippen LogP contribution in [0.15, 0.2) is 51.2 Å². The van der Waals surface area contributed by atoms with Crippen molar-refractivity contribution in [2.45, 2.75) is 10.1 Å². The van der Waals surface area contributed by atoms with Crippen LogP contribution in [0.4, 0.5) is 5.69 Å². The Morgan fingerprint density at radius 1 is 1.14 bits per heavy atom. The number of hydrogen-bond donors (Lipinski definition) is 2.